The van der Waals surface area contributed by atoms with E-state index in [0.717, 1.165) is 35.3 Å². The van der Waals surface area contributed by atoms with Gasteiger partial charge in [0.25, 0.3) is 0 Å². The zero-order chi connectivity index (χ0) is 28.0. The Kier molecular flexibility index (Phi) is 8.46. The molecule has 9 heteroatoms. The summed E-state index contributed by atoms with van der Waals surface area (Å²) in [5.74, 6) is 1.27. The van der Waals surface area contributed by atoms with Gasteiger partial charge >= 0.3 is 0 Å². The number of methoxy groups -OCH3 is 1. The molecule has 0 saturated carbocycles. The van der Waals surface area contributed by atoms with E-state index >= 15 is 0 Å². The maximum atomic E-state index is 11.6. The van der Waals surface area contributed by atoms with Gasteiger partial charge in [0.1, 0.15) is 12.4 Å². The second-order valence-electron chi connectivity index (χ2n) is 9.64. The van der Waals surface area contributed by atoms with Crippen molar-refractivity contribution in [3.63, 3.8) is 0 Å². The Balaban J connectivity index is 1.36. The molecular weight excluding hydrogens is 528 g/mol. The van der Waals surface area contributed by atoms with Crippen molar-refractivity contribution < 1.29 is 27.0 Å². The molecule has 3 aromatic carbocycles. The number of sulfonamides is 1. The molecule has 0 radical (unpaired) electrons. The quantitative estimate of drug-likeness (QED) is 0.257. The fourth-order valence-corrected chi connectivity index (χ4v) is 5.43. The lowest BCUT2D eigenvalue weighted by atomic mass is 9.85. The van der Waals surface area contributed by atoms with Crippen molar-refractivity contribution in [2.75, 3.05) is 20.3 Å². The summed E-state index contributed by atoms with van der Waals surface area (Å²) in [5, 5.41) is 5.23. The third-order valence-corrected chi connectivity index (χ3v) is 8.09. The average molecular weight is 561 g/mol. The predicted molar refractivity (Wildman–Crippen MR) is 151 cm³/mol. The van der Waals surface area contributed by atoms with Crippen molar-refractivity contribution in [2.24, 2.45) is 5.14 Å². The smallest absolute Gasteiger partial charge is 0.238 e. The molecule has 8 nitrogen and oxygen atoms in total. The molecule has 1 aliphatic heterocycles. The first-order chi connectivity index (χ1) is 19.4. The van der Waals surface area contributed by atoms with Crippen molar-refractivity contribution in [1.29, 1.82) is 0 Å². The van der Waals surface area contributed by atoms with Gasteiger partial charge in [0.15, 0.2) is 12.2 Å². The van der Waals surface area contributed by atoms with Gasteiger partial charge in [-0.25, -0.2) is 18.5 Å². The lowest BCUT2D eigenvalue weighted by Crippen LogP contribution is -2.35. The highest BCUT2D eigenvalue weighted by atomic mass is 32.2. The van der Waals surface area contributed by atoms with Gasteiger partial charge < -0.3 is 18.6 Å². The van der Waals surface area contributed by atoms with Crippen LogP contribution >= 0.6 is 0 Å². The van der Waals surface area contributed by atoms with Crippen LogP contribution in [0.2, 0.25) is 0 Å². The Labute approximate surface area is 234 Å². The van der Waals surface area contributed by atoms with Crippen molar-refractivity contribution in [2.45, 2.75) is 36.4 Å². The Morgan fingerprint density at radius 1 is 1.02 bits per heavy atom. The van der Waals surface area contributed by atoms with Crippen LogP contribution in [0.1, 0.15) is 35.2 Å². The molecule has 1 saturated heterocycles. The van der Waals surface area contributed by atoms with Gasteiger partial charge in [-0.3, -0.25) is 0 Å². The summed E-state index contributed by atoms with van der Waals surface area (Å²) in [6.45, 7) is 1.73. The van der Waals surface area contributed by atoms with Crippen LogP contribution in [0.3, 0.4) is 0 Å². The number of benzene rings is 3. The van der Waals surface area contributed by atoms with Crippen LogP contribution in [0.4, 0.5) is 0 Å². The summed E-state index contributed by atoms with van der Waals surface area (Å²) in [4.78, 5) is 4.43. The molecule has 0 bridgehead atoms. The molecule has 208 valence electrons. The van der Waals surface area contributed by atoms with Crippen molar-refractivity contribution >= 4 is 15.8 Å². The minimum Gasteiger partial charge on any atom is -0.489 e. The maximum absolute atomic E-state index is 11.6. The highest BCUT2D eigenvalue weighted by Crippen LogP contribution is 2.36. The van der Waals surface area contributed by atoms with Crippen LogP contribution < -0.4 is 5.14 Å². The molecule has 1 fully saturated rings. The Morgan fingerprint density at radius 2 is 1.77 bits per heavy atom. The van der Waals surface area contributed by atoms with E-state index in [-0.39, 0.29) is 10.5 Å². The number of aromatic nitrogens is 1. The molecule has 0 aliphatic carbocycles. The van der Waals surface area contributed by atoms with Crippen LogP contribution in [0.15, 0.2) is 101 Å². The number of oxazole rings is 1. The molecule has 2 N–H and O–H groups in total. The van der Waals surface area contributed by atoms with E-state index in [2.05, 4.69) is 23.2 Å². The third-order valence-electron chi connectivity index (χ3n) is 7.16. The summed E-state index contributed by atoms with van der Waals surface area (Å²) < 4.78 is 46.8. The molecule has 40 heavy (non-hydrogen) atoms. The van der Waals surface area contributed by atoms with Gasteiger partial charge in [0, 0.05) is 50.7 Å². The normalized spacial score (nSPS) is 15.6. The van der Waals surface area contributed by atoms with Gasteiger partial charge in [-0.15, -0.1) is 0 Å². The van der Waals surface area contributed by atoms with E-state index in [0.29, 0.717) is 43.3 Å². The number of ether oxygens (including phenoxy) is 3. The molecule has 0 atom stereocenters. The summed E-state index contributed by atoms with van der Waals surface area (Å²) in [6.07, 6.45) is 5.43. The molecule has 0 spiro atoms. The minimum atomic E-state index is -3.78. The summed E-state index contributed by atoms with van der Waals surface area (Å²) in [6, 6.07) is 24.5. The first-order valence-electron chi connectivity index (χ1n) is 13.0. The number of hydrogen-bond donors (Lipinski definition) is 1. The number of hydrogen-bond acceptors (Lipinski definition) is 7. The summed E-state index contributed by atoms with van der Waals surface area (Å²) in [7, 11) is -2.02. The SMILES string of the molecule is COC1(c2cccc(CO/C(=C\Cc3ncoc3-c3ccc(S(N)(=O)=O)cc3)c3ccccc3)c2)CCOCC1. The largest absolute Gasteiger partial charge is 0.489 e. The number of primary sulfonamides is 1. The topological polar surface area (TPSA) is 114 Å². The first-order valence-corrected chi connectivity index (χ1v) is 14.6. The van der Waals surface area contributed by atoms with E-state index in [9.17, 15) is 8.42 Å². The summed E-state index contributed by atoms with van der Waals surface area (Å²) >= 11 is 0. The van der Waals surface area contributed by atoms with Gasteiger partial charge in [-0.1, -0.05) is 48.5 Å². The average Bonchev–Trinajstić information content (AvgIpc) is 3.46. The number of nitrogens with two attached hydrogens (primary N) is 1. The van der Waals surface area contributed by atoms with Gasteiger partial charge in [-0.2, -0.15) is 0 Å². The second kappa shape index (κ2) is 12.2. The zero-order valence-electron chi connectivity index (χ0n) is 22.3. The van der Waals surface area contributed by atoms with Crippen LogP contribution in [-0.2, 0) is 42.9 Å². The number of rotatable bonds is 10. The van der Waals surface area contributed by atoms with Crippen molar-refractivity contribution in [3.05, 3.63) is 114 Å². The van der Waals surface area contributed by atoms with Gasteiger partial charge in [0.05, 0.1) is 16.2 Å². The van der Waals surface area contributed by atoms with E-state index in [1.807, 2.05) is 42.5 Å². The van der Waals surface area contributed by atoms with E-state index in [4.69, 9.17) is 23.8 Å². The molecule has 2 heterocycles. The Hall–Kier alpha value is -3.76. The van der Waals surface area contributed by atoms with Crippen molar-refractivity contribution in [1.82, 2.24) is 4.98 Å². The molecular formula is C31H32N2O6S. The fourth-order valence-electron chi connectivity index (χ4n) is 4.91. The zero-order valence-corrected chi connectivity index (χ0v) is 23.1. The van der Waals surface area contributed by atoms with Crippen LogP contribution in [-0.4, -0.2) is 33.7 Å². The standard InChI is InChI=1S/C31H32N2O6S/c1-36-31(16-18-37-19-17-31)26-9-5-6-23(20-26)21-38-29(24-7-3-2-4-8-24)15-14-28-30(39-22-33-28)25-10-12-27(13-11-25)40(32,34)35/h2-13,15,20,22H,14,16-19,21H2,1H3,(H2,32,34,35)/b29-15-. The molecule has 1 aromatic heterocycles. The van der Waals surface area contributed by atoms with Gasteiger partial charge in [0.2, 0.25) is 10.0 Å². The van der Waals surface area contributed by atoms with Gasteiger partial charge in [-0.05, 0) is 47.5 Å². The number of allylic oxidation sites excluding steroid dienone is 1. The first kappa shape index (κ1) is 27.8. The highest BCUT2D eigenvalue weighted by molar-refractivity contribution is 7.89. The van der Waals surface area contributed by atoms with E-state index < -0.39 is 10.0 Å². The molecule has 4 aromatic rings. The lowest BCUT2D eigenvalue weighted by Gasteiger charge is -2.36. The Morgan fingerprint density at radius 3 is 2.48 bits per heavy atom. The fraction of sp³-hybridized carbons (Fsp3) is 0.258. The van der Waals surface area contributed by atoms with Crippen LogP contribution in [0.5, 0.6) is 0 Å². The maximum Gasteiger partial charge on any atom is 0.238 e. The molecule has 5 rings (SSSR count). The second-order valence-corrected chi connectivity index (χ2v) is 11.2. The van der Waals surface area contributed by atoms with Crippen molar-refractivity contribution in [3.8, 4) is 11.3 Å². The van der Waals surface area contributed by atoms with E-state index in [1.165, 1.54) is 18.5 Å². The van der Waals surface area contributed by atoms with Crippen LogP contribution in [0, 0.1) is 0 Å². The molecule has 0 amide bonds. The minimum absolute atomic E-state index is 0.0364. The predicted octanol–water partition coefficient (Wildman–Crippen LogP) is 5.44. The molecule has 1 aliphatic rings. The Bertz CT molecular complexity index is 1560. The third kappa shape index (κ3) is 6.34. The molecule has 0 unspecified atom stereocenters. The van der Waals surface area contributed by atoms with Crippen LogP contribution in [0.25, 0.3) is 17.1 Å². The highest BCUT2D eigenvalue weighted by Gasteiger charge is 2.34. The lowest BCUT2D eigenvalue weighted by molar-refractivity contribution is -0.0948. The monoisotopic (exact) mass is 560 g/mol. The summed E-state index contributed by atoms with van der Waals surface area (Å²) in [5.41, 5.74) is 4.17. The van der Waals surface area contributed by atoms with E-state index in [1.54, 1.807) is 19.2 Å². The number of nitrogens with zero attached hydrogens (tertiary/aromatic N) is 1.